The molecular formula is C17H16ClF4N3O3. The summed E-state index contributed by atoms with van der Waals surface area (Å²) in [7, 11) is 0. The Morgan fingerprint density at radius 3 is 2.36 bits per heavy atom. The first kappa shape index (κ1) is 20.4. The standard InChI is InChI=1S/C15H15ClFN3O.C2HF3O2/c16-10-1-2-11-9(13(10)17)3-12(20-11)14(21)19-8-4-15(5-8)6-18-7-15;3-2(4,5)1(6)7/h1-3,8,18,20H,4-7H2,(H,19,21);(H,6,7). The highest BCUT2D eigenvalue weighted by atomic mass is 35.5. The highest BCUT2D eigenvalue weighted by Gasteiger charge is 2.48. The molecule has 2 aliphatic rings. The molecule has 4 N–H and O–H groups in total. The lowest BCUT2D eigenvalue weighted by Gasteiger charge is -2.54. The topological polar surface area (TPSA) is 94.2 Å². The third-order valence-corrected chi connectivity index (χ3v) is 5.16. The molecule has 1 aromatic heterocycles. The first-order chi connectivity index (χ1) is 13.0. The third-order valence-electron chi connectivity index (χ3n) is 4.87. The molecule has 11 heteroatoms. The van der Waals surface area contributed by atoms with Gasteiger partial charge in [-0.2, -0.15) is 13.2 Å². The quantitative estimate of drug-likeness (QED) is 0.561. The smallest absolute Gasteiger partial charge is 0.475 e. The van der Waals surface area contributed by atoms with Crippen molar-refractivity contribution in [2.75, 3.05) is 13.1 Å². The summed E-state index contributed by atoms with van der Waals surface area (Å²) < 4.78 is 45.6. The summed E-state index contributed by atoms with van der Waals surface area (Å²) in [5.41, 5.74) is 1.37. The number of H-pyrrole nitrogens is 1. The number of aromatic amines is 1. The van der Waals surface area contributed by atoms with E-state index >= 15 is 0 Å². The molecule has 1 aromatic carbocycles. The number of nitrogens with one attached hydrogen (secondary N) is 3. The normalized spacial score (nSPS) is 18.0. The van der Waals surface area contributed by atoms with Gasteiger partial charge in [0.1, 0.15) is 5.69 Å². The molecule has 2 heterocycles. The predicted octanol–water partition coefficient (Wildman–Crippen LogP) is 3.08. The molecule has 1 saturated heterocycles. The zero-order chi connectivity index (χ0) is 20.7. The van der Waals surface area contributed by atoms with Crippen LogP contribution in [0.25, 0.3) is 10.9 Å². The number of benzene rings is 1. The Kier molecular flexibility index (Phi) is 5.28. The Hall–Kier alpha value is -2.33. The average Bonchev–Trinajstić information content (AvgIpc) is 2.97. The minimum atomic E-state index is -5.08. The molecule has 152 valence electrons. The third kappa shape index (κ3) is 4.07. The van der Waals surface area contributed by atoms with Crippen molar-refractivity contribution in [2.24, 2.45) is 5.41 Å². The van der Waals surface area contributed by atoms with Crippen LogP contribution in [0.15, 0.2) is 18.2 Å². The van der Waals surface area contributed by atoms with Crippen LogP contribution >= 0.6 is 11.6 Å². The number of carbonyl (C=O) groups excluding carboxylic acids is 1. The fourth-order valence-electron chi connectivity index (χ4n) is 3.38. The maximum absolute atomic E-state index is 13.9. The van der Waals surface area contributed by atoms with Gasteiger partial charge >= 0.3 is 12.1 Å². The van der Waals surface area contributed by atoms with Gasteiger partial charge in [0.05, 0.1) is 5.02 Å². The number of carbonyl (C=O) groups is 2. The number of fused-ring (bicyclic) bond motifs is 1. The fraction of sp³-hybridized carbons (Fsp3) is 0.412. The molecule has 1 amide bonds. The van der Waals surface area contributed by atoms with Crippen LogP contribution in [-0.2, 0) is 4.79 Å². The van der Waals surface area contributed by atoms with Crippen LogP contribution in [-0.4, -0.2) is 47.3 Å². The van der Waals surface area contributed by atoms with E-state index in [4.69, 9.17) is 21.5 Å². The summed E-state index contributed by atoms with van der Waals surface area (Å²) in [6.45, 7) is 2.10. The second-order valence-electron chi connectivity index (χ2n) is 6.99. The average molecular weight is 422 g/mol. The number of carboxylic acid groups (broad SMARTS) is 1. The number of hydrogen-bond donors (Lipinski definition) is 4. The molecule has 6 nitrogen and oxygen atoms in total. The van der Waals surface area contributed by atoms with Gasteiger partial charge in [0, 0.05) is 30.0 Å². The van der Waals surface area contributed by atoms with Crippen LogP contribution in [0.3, 0.4) is 0 Å². The molecule has 1 spiro atoms. The van der Waals surface area contributed by atoms with Crippen LogP contribution in [0, 0.1) is 11.2 Å². The van der Waals surface area contributed by atoms with E-state index in [1.165, 1.54) is 12.1 Å². The Labute approximate surface area is 161 Å². The second-order valence-corrected chi connectivity index (χ2v) is 7.40. The minimum Gasteiger partial charge on any atom is -0.475 e. The van der Waals surface area contributed by atoms with Crippen LogP contribution in [0.4, 0.5) is 17.6 Å². The van der Waals surface area contributed by atoms with Crippen molar-refractivity contribution in [3.63, 3.8) is 0 Å². The maximum atomic E-state index is 13.9. The number of rotatable bonds is 2. The Morgan fingerprint density at radius 2 is 1.86 bits per heavy atom. The summed E-state index contributed by atoms with van der Waals surface area (Å²) in [6.07, 6.45) is -3.04. The van der Waals surface area contributed by atoms with Crippen LogP contribution in [0.2, 0.25) is 5.02 Å². The van der Waals surface area contributed by atoms with Gasteiger partial charge in [-0.3, -0.25) is 4.79 Å². The predicted molar refractivity (Wildman–Crippen MR) is 92.7 cm³/mol. The van der Waals surface area contributed by atoms with E-state index in [-0.39, 0.29) is 17.0 Å². The van der Waals surface area contributed by atoms with E-state index < -0.39 is 18.0 Å². The maximum Gasteiger partial charge on any atom is 0.490 e. The number of halogens is 5. The van der Waals surface area contributed by atoms with Crippen LogP contribution in [0.5, 0.6) is 0 Å². The molecule has 1 aliphatic carbocycles. The van der Waals surface area contributed by atoms with E-state index in [9.17, 15) is 22.4 Å². The lowest BCUT2D eigenvalue weighted by atomic mass is 9.61. The second kappa shape index (κ2) is 7.25. The number of amides is 1. The van der Waals surface area contributed by atoms with Crippen molar-refractivity contribution < 1.29 is 32.3 Å². The number of alkyl halides is 3. The molecule has 1 saturated carbocycles. The Balaban J connectivity index is 0.000000279. The lowest BCUT2D eigenvalue weighted by molar-refractivity contribution is -0.192. The molecule has 28 heavy (non-hydrogen) atoms. The van der Waals surface area contributed by atoms with E-state index in [1.807, 2.05) is 0 Å². The number of carboxylic acids is 1. The van der Waals surface area contributed by atoms with Gasteiger partial charge in [0.15, 0.2) is 5.82 Å². The Bertz CT molecular complexity index is 916. The number of aliphatic carboxylic acids is 1. The summed E-state index contributed by atoms with van der Waals surface area (Å²) >= 11 is 5.75. The number of aromatic nitrogens is 1. The van der Waals surface area contributed by atoms with E-state index in [1.54, 1.807) is 6.07 Å². The van der Waals surface area contributed by atoms with E-state index in [0.717, 1.165) is 25.9 Å². The van der Waals surface area contributed by atoms with Gasteiger partial charge in [-0.25, -0.2) is 9.18 Å². The zero-order valence-corrected chi connectivity index (χ0v) is 15.0. The van der Waals surface area contributed by atoms with Gasteiger partial charge in [-0.1, -0.05) is 11.6 Å². The molecule has 2 aromatic rings. The van der Waals surface area contributed by atoms with Crippen molar-refractivity contribution >= 4 is 34.4 Å². The first-order valence-corrected chi connectivity index (χ1v) is 8.67. The van der Waals surface area contributed by atoms with Gasteiger partial charge in [0.2, 0.25) is 0 Å². The summed E-state index contributed by atoms with van der Waals surface area (Å²) in [6, 6.07) is 4.90. The largest absolute Gasteiger partial charge is 0.490 e. The summed E-state index contributed by atoms with van der Waals surface area (Å²) in [5.74, 6) is -3.44. The molecule has 2 fully saturated rings. The molecule has 1 aliphatic heterocycles. The highest BCUT2D eigenvalue weighted by molar-refractivity contribution is 6.31. The van der Waals surface area contributed by atoms with Gasteiger partial charge in [-0.05, 0) is 36.5 Å². The number of hydrogen-bond acceptors (Lipinski definition) is 3. The van der Waals surface area contributed by atoms with Gasteiger partial charge in [0.25, 0.3) is 5.91 Å². The molecule has 0 atom stereocenters. The Morgan fingerprint density at radius 1 is 1.25 bits per heavy atom. The lowest BCUT2D eigenvalue weighted by Crippen LogP contribution is -2.65. The summed E-state index contributed by atoms with van der Waals surface area (Å²) in [4.78, 5) is 24.1. The van der Waals surface area contributed by atoms with Crippen molar-refractivity contribution in [3.8, 4) is 0 Å². The van der Waals surface area contributed by atoms with Crippen molar-refractivity contribution in [2.45, 2.75) is 25.1 Å². The molecule has 0 radical (unpaired) electrons. The van der Waals surface area contributed by atoms with Crippen LogP contribution < -0.4 is 10.6 Å². The molecule has 0 unspecified atom stereocenters. The van der Waals surface area contributed by atoms with Crippen molar-refractivity contribution in [1.29, 1.82) is 0 Å². The van der Waals surface area contributed by atoms with E-state index in [0.29, 0.717) is 22.0 Å². The zero-order valence-electron chi connectivity index (χ0n) is 14.3. The monoisotopic (exact) mass is 421 g/mol. The van der Waals surface area contributed by atoms with Crippen LogP contribution in [0.1, 0.15) is 23.3 Å². The van der Waals surface area contributed by atoms with Crippen molar-refractivity contribution in [3.05, 3.63) is 34.7 Å². The molecule has 0 bridgehead atoms. The molecular weight excluding hydrogens is 406 g/mol. The fourth-order valence-corrected chi connectivity index (χ4v) is 3.55. The molecule has 4 rings (SSSR count). The first-order valence-electron chi connectivity index (χ1n) is 8.29. The minimum absolute atomic E-state index is 0.0619. The summed E-state index contributed by atoms with van der Waals surface area (Å²) in [5, 5.41) is 13.8. The van der Waals surface area contributed by atoms with Crippen molar-refractivity contribution in [1.82, 2.24) is 15.6 Å². The van der Waals surface area contributed by atoms with E-state index in [2.05, 4.69) is 15.6 Å². The van der Waals surface area contributed by atoms with Gasteiger partial charge in [-0.15, -0.1) is 0 Å². The SMILES string of the molecule is O=C(NC1CC2(CNC2)C1)c1cc2c(F)c(Cl)ccc2[nH]1.O=C(O)C(F)(F)F. The highest BCUT2D eigenvalue weighted by Crippen LogP contribution is 2.44. The van der Waals surface area contributed by atoms with Gasteiger partial charge < -0.3 is 20.7 Å².